The summed E-state index contributed by atoms with van der Waals surface area (Å²) in [7, 11) is 0. The first-order chi connectivity index (χ1) is 8.17. The third-order valence-electron chi connectivity index (χ3n) is 2.59. The molecule has 0 spiro atoms. The molecule has 1 aromatic rings. The third kappa shape index (κ3) is 5.71. The van der Waals surface area contributed by atoms with Gasteiger partial charge in [-0.3, -0.25) is 0 Å². The van der Waals surface area contributed by atoms with Gasteiger partial charge in [0.15, 0.2) is 0 Å². The first-order valence-electron chi connectivity index (χ1n) is 6.04. The Hall–Kier alpha value is 0.390. The molecule has 2 nitrogen and oxygen atoms in total. The smallest absolute Gasteiger partial charge is 0.107 e. The first-order valence-corrected chi connectivity index (χ1v) is 8.02. The summed E-state index contributed by atoms with van der Waals surface area (Å²) in [6.45, 7) is 9.80. The summed E-state index contributed by atoms with van der Waals surface area (Å²) in [6, 6.07) is 2.09. The van der Waals surface area contributed by atoms with E-state index in [2.05, 4.69) is 46.1 Å². The maximum atomic E-state index is 5.99. The molecule has 1 rings (SSSR count). The molecule has 5 heteroatoms. The van der Waals surface area contributed by atoms with E-state index in [-0.39, 0.29) is 0 Å². The number of likely N-dealkylation sites (N-methyl/N-ethyl adjacent to an activating group) is 1. The van der Waals surface area contributed by atoms with Gasteiger partial charge in [-0.15, -0.1) is 11.3 Å². The normalized spacial score (nSPS) is 11.4. The monoisotopic (exact) mass is 338 g/mol. The molecule has 0 unspecified atom stereocenters. The van der Waals surface area contributed by atoms with E-state index in [0.29, 0.717) is 0 Å². The second-order valence-corrected chi connectivity index (χ2v) is 6.54. The van der Waals surface area contributed by atoms with Gasteiger partial charge in [-0.05, 0) is 41.5 Å². The van der Waals surface area contributed by atoms with Gasteiger partial charge in [-0.1, -0.05) is 25.4 Å². The minimum absolute atomic E-state index is 0.836. The van der Waals surface area contributed by atoms with E-state index < -0.39 is 0 Å². The van der Waals surface area contributed by atoms with Crippen LogP contribution in [0.3, 0.4) is 0 Å². The van der Waals surface area contributed by atoms with Gasteiger partial charge < -0.3 is 10.2 Å². The van der Waals surface area contributed by atoms with Crippen molar-refractivity contribution in [3.8, 4) is 0 Å². The fourth-order valence-corrected chi connectivity index (χ4v) is 3.43. The molecular formula is C12H20BrClN2S. The van der Waals surface area contributed by atoms with Gasteiger partial charge in [0.25, 0.3) is 0 Å². The lowest BCUT2D eigenvalue weighted by atomic mass is 10.4. The van der Waals surface area contributed by atoms with Crippen LogP contribution in [0.2, 0.25) is 4.34 Å². The predicted molar refractivity (Wildman–Crippen MR) is 81.1 cm³/mol. The highest BCUT2D eigenvalue weighted by Gasteiger charge is 2.04. The van der Waals surface area contributed by atoms with Crippen LogP contribution in [0.1, 0.15) is 25.1 Å². The van der Waals surface area contributed by atoms with Gasteiger partial charge in [-0.2, -0.15) is 0 Å². The zero-order valence-corrected chi connectivity index (χ0v) is 13.6. The minimum Gasteiger partial charge on any atom is -0.311 e. The Bertz CT molecular complexity index is 311. The molecule has 0 saturated carbocycles. The van der Waals surface area contributed by atoms with Gasteiger partial charge in [0.1, 0.15) is 4.34 Å². The molecular weight excluding hydrogens is 320 g/mol. The number of halogens is 2. The molecule has 0 saturated heterocycles. The van der Waals surface area contributed by atoms with Crippen LogP contribution >= 0.6 is 38.9 Å². The Morgan fingerprint density at radius 1 is 1.41 bits per heavy atom. The summed E-state index contributed by atoms with van der Waals surface area (Å²) >= 11 is 11.0. The number of hydrogen-bond donors (Lipinski definition) is 1. The van der Waals surface area contributed by atoms with Crippen LogP contribution in [0.25, 0.3) is 0 Å². The van der Waals surface area contributed by atoms with E-state index >= 15 is 0 Å². The molecule has 0 aliphatic rings. The maximum absolute atomic E-state index is 5.99. The lowest BCUT2D eigenvalue weighted by Crippen LogP contribution is -2.32. The van der Waals surface area contributed by atoms with Crippen LogP contribution in [0, 0.1) is 0 Å². The van der Waals surface area contributed by atoms with Crippen molar-refractivity contribution in [2.45, 2.75) is 26.8 Å². The quantitative estimate of drug-likeness (QED) is 0.721. The molecule has 0 aliphatic heterocycles. The predicted octanol–water partition coefficient (Wildman–Crippen LogP) is 3.99. The third-order valence-corrected chi connectivity index (χ3v) is 5.06. The molecule has 1 heterocycles. The van der Waals surface area contributed by atoms with Crippen LogP contribution in [-0.2, 0) is 6.54 Å². The van der Waals surface area contributed by atoms with Gasteiger partial charge in [0, 0.05) is 29.0 Å². The van der Waals surface area contributed by atoms with E-state index in [1.165, 1.54) is 17.8 Å². The second kappa shape index (κ2) is 8.48. The number of thiophene rings is 1. The molecule has 0 amide bonds. The van der Waals surface area contributed by atoms with Crippen LogP contribution in [0.5, 0.6) is 0 Å². The van der Waals surface area contributed by atoms with E-state index in [1.54, 1.807) is 11.3 Å². The van der Waals surface area contributed by atoms with Crippen LogP contribution in [0.4, 0.5) is 0 Å². The van der Waals surface area contributed by atoms with Crippen LogP contribution in [-0.4, -0.2) is 31.1 Å². The molecule has 0 atom stereocenters. The Labute approximate surface area is 121 Å². The topological polar surface area (TPSA) is 15.3 Å². The SMILES string of the molecule is CCCN(CC)CCNCc1cc(Br)c(Cl)s1. The Morgan fingerprint density at radius 3 is 2.71 bits per heavy atom. The summed E-state index contributed by atoms with van der Waals surface area (Å²) in [4.78, 5) is 3.74. The van der Waals surface area contributed by atoms with Crippen molar-refractivity contribution in [3.63, 3.8) is 0 Å². The summed E-state index contributed by atoms with van der Waals surface area (Å²) in [6.07, 6.45) is 1.22. The van der Waals surface area contributed by atoms with Gasteiger partial charge in [-0.25, -0.2) is 0 Å². The molecule has 1 aromatic heterocycles. The molecule has 0 aromatic carbocycles. The second-order valence-electron chi connectivity index (χ2n) is 3.95. The average molecular weight is 340 g/mol. The Balaban J connectivity index is 2.19. The largest absolute Gasteiger partial charge is 0.311 e. The van der Waals surface area contributed by atoms with E-state index in [4.69, 9.17) is 11.6 Å². The summed E-state index contributed by atoms with van der Waals surface area (Å²) in [5, 5.41) is 3.45. The van der Waals surface area contributed by atoms with Crippen molar-refractivity contribution in [2.75, 3.05) is 26.2 Å². The van der Waals surface area contributed by atoms with Crippen molar-refractivity contribution in [2.24, 2.45) is 0 Å². The number of nitrogens with one attached hydrogen (secondary N) is 1. The summed E-state index contributed by atoms with van der Waals surface area (Å²) in [5.74, 6) is 0. The van der Waals surface area contributed by atoms with Gasteiger partial charge in [0.05, 0.1) is 0 Å². The molecule has 0 radical (unpaired) electrons. The highest BCUT2D eigenvalue weighted by Crippen LogP contribution is 2.31. The van der Waals surface area contributed by atoms with Crippen molar-refractivity contribution in [3.05, 3.63) is 19.8 Å². The number of nitrogens with zero attached hydrogens (tertiary/aromatic N) is 1. The molecule has 0 aliphatic carbocycles. The van der Waals surface area contributed by atoms with Gasteiger partial charge in [0.2, 0.25) is 0 Å². The molecule has 17 heavy (non-hydrogen) atoms. The first kappa shape index (κ1) is 15.4. The lowest BCUT2D eigenvalue weighted by molar-refractivity contribution is 0.287. The molecule has 0 bridgehead atoms. The highest BCUT2D eigenvalue weighted by molar-refractivity contribution is 9.10. The Morgan fingerprint density at radius 2 is 2.18 bits per heavy atom. The highest BCUT2D eigenvalue weighted by atomic mass is 79.9. The van der Waals surface area contributed by atoms with Crippen molar-refractivity contribution in [1.29, 1.82) is 0 Å². The summed E-state index contributed by atoms with van der Waals surface area (Å²) < 4.78 is 1.84. The van der Waals surface area contributed by atoms with E-state index in [9.17, 15) is 0 Å². The van der Waals surface area contributed by atoms with Crippen molar-refractivity contribution >= 4 is 38.9 Å². The molecule has 0 fully saturated rings. The standard InChI is InChI=1S/C12H20BrClN2S/c1-3-6-16(4-2)7-5-15-9-10-8-11(13)12(14)17-10/h8,15H,3-7,9H2,1-2H3. The lowest BCUT2D eigenvalue weighted by Gasteiger charge is -2.19. The van der Waals surface area contributed by atoms with Gasteiger partial charge >= 0.3 is 0 Å². The molecule has 98 valence electrons. The summed E-state index contributed by atoms with van der Waals surface area (Å²) in [5.41, 5.74) is 0. The fraction of sp³-hybridized carbons (Fsp3) is 0.667. The van der Waals surface area contributed by atoms with Crippen LogP contribution < -0.4 is 5.32 Å². The maximum Gasteiger partial charge on any atom is 0.107 e. The zero-order chi connectivity index (χ0) is 12.7. The number of hydrogen-bond acceptors (Lipinski definition) is 3. The van der Waals surface area contributed by atoms with E-state index in [0.717, 1.165) is 35.0 Å². The van der Waals surface area contributed by atoms with Crippen LogP contribution in [0.15, 0.2) is 10.5 Å². The fourth-order valence-electron chi connectivity index (χ4n) is 1.67. The van der Waals surface area contributed by atoms with Crippen molar-refractivity contribution in [1.82, 2.24) is 10.2 Å². The van der Waals surface area contributed by atoms with E-state index in [1.807, 2.05) is 0 Å². The minimum atomic E-state index is 0.836. The number of rotatable bonds is 8. The zero-order valence-electron chi connectivity index (χ0n) is 10.4. The van der Waals surface area contributed by atoms with Crippen molar-refractivity contribution < 1.29 is 0 Å². The molecule has 1 N–H and O–H groups in total. The Kier molecular flexibility index (Phi) is 7.71. The average Bonchev–Trinajstić information content (AvgIpc) is 2.63.